The van der Waals surface area contributed by atoms with E-state index in [9.17, 15) is 34.0 Å². The van der Waals surface area contributed by atoms with Gasteiger partial charge in [-0.2, -0.15) is 0 Å². The molecule has 4 unspecified atom stereocenters. The summed E-state index contributed by atoms with van der Waals surface area (Å²) in [5, 5.41) is 51.1. The zero-order chi connectivity index (χ0) is 37.6. The minimum Gasteiger partial charge on any atom is -0.394 e. The third kappa shape index (κ3) is 24.4. The highest BCUT2D eigenvalue weighted by Gasteiger charge is 2.44. The first-order chi connectivity index (χ1) is 24.7. The lowest BCUT2D eigenvalue weighted by atomic mass is 9.99. The van der Waals surface area contributed by atoms with Crippen LogP contribution in [0.4, 0.5) is 0 Å². The molecule has 0 saturated carbocycles. The van der Waals surface area contributed by atoms with Gasteiger partial charge in [-0.1, -0.05) is 174 Å². The van der Waals surface area contributed by atoms with E-state index >= 15 is 0 Å². The number of sulfonamides is 1. The second-order valence-electron chi connectivity index (χ2n) is 14.9. The van der Waals surface area contributed by atoms with Crippen LogP contribution in [0.5, 0.6) is 0 Å². The molecule has 0 aromatic carbocycles. The van der Waals surface area contributed by atoms with Crippen LogP contribution >= 0.6 is 0 Å². The van der Waals surface area contributed by atoms with Gasteiger partial charge >= 0.3 is 0 Å². The number of allylic oxidation sites excluding steroid dienone is 1. The van der Waals surface area contributed by atoms with E-state index in [1.54, 1.807) is 6.08 Å². The van der Waals surface area contributed by atoms with Crippen molar-refractivity contribution in [3.8, 4) is 0 Å². The quantitative estimate of drug-likeness (QED) is 0.0291. The van der Waals surface area contributed by atoms with Crippen LogP contribution in [0.1, 0.15) is 181 Å². The number of hydrogen-bond donors (Lipinski definition) is 6. The lowest BCUT2D eigenvalue weighted by molar-refractivity contribution is -0.302. The third-order valence-electron chi connectivity index (χ3n) is 10.1. The van der Waals surface area contributed by atoms with Crippen molar-refractivity contribution >= 4 is 10.0 Å². The maximum Gasteiger partial charge on any atom is 0.212 e. The Hall–Kier alpha value is -0.630. The summed E-state index contributed by atoms with van der Waals surface area (Å²) in [5.41, 5.74) is 0. The topological polar surface area (TPSA) is 166 Å². The van der Waals surface area contributed by atoms with Crippen LogP contribution in [0.15, 0.2) is 12.2 Å². The molecular formula is C40H79NO9S. The first kappa shape index (κ1) is 48.4. The summed E-state index contributed by atoms with van der Waals surface area (Å²) in [7, 11) is -3.76. The summed E-state index contributed by atoms with van der Waals surface area (Å²) < 4.78 is 39.8. The molecule has 0 radical (unpaired) electrons. The fraction of sp³-hybridized carbons (Fsp3) is 0.950. The van der Waals surface area contributed by atoms with Gasteiger partial charge in [-0.05, 0) is 19.3 Å². The second kappa shape index (κ2) is 31.7. The van der Waals surface area contributed by atoms with Crippen molar-refractivity contribution in [1.29, 1.82) is 0 Å². The zero-order valence-electron chi connectivity index (χ0n) is 32.5. The van der Waals surface area contributed by atoms with Crippen molar-refractivity contribution in [3.05, 3.63) is 12.2 Å². The Labute approximate surface area is 312 Å². The van der Waals surface area contributed by atoms with Crippen molar-refractivity contribution in [1.82, 2.24) is 4.72 Å². The molecule has 1 rings (SSSR count). The van der Waals surface area contributed by atoms with Gasteiger partial charge in [0.15, 0.2) is 6.29 Å². The molecule has 10 nitrogen and oxygen atoms in total. The van der Waals surface area contributed by atoms with Gasteiger partial charge in [0.1, 0.15) is 24.4 Å². The Morgan fingerprint density at radius 2 is 1.08 bits per heavy atom. The molecule has 1 saturated heterocycles. The van der Waals surface area contributed by atoms with Gasteiger partial charge in [-0.3, -0.25) is 0 Å². The fourth-order valence-electron chi connectivity index (χ4n) is 6.68. The molecule has 1 aliphatic heterocycles. The van der Waals surface area contributed by atoms with Gasteiger partial charge in [-0.15, -0.1) is 0 Å². The number of unbranched alkanes of at least 4 members (excludes halogenated alkanes) is 24. The largest absolute Gasteiger partial charge is 0.394 e. The van der Waals surface area contributed by atoms with Crippen LogP contribution in [0, 0.1) is 0 Å². The fourth-order valence-corrected chi connectivity index (χ4v) is 8.05. The summed E-state index contributed by atoms with van der Waals surface area (Å²) in [5.74, 6) is -0.0727. The van der Waals surface area contributed by atoms with Crippen molar-refractivity contribution in [2.45, 2.75) is 224 Å². The lowest BCUT2D eigenvalue weighted by Gasteiger charge is -2.40. The van der Waals surface area contributed by atoms with E-state index in [1.807, 2.05) is 6.08 Å². The highest BCUT2D eigenvalue weighted by Crippen LogP contribution is 2.23. The summed E-state index contributed by atoms with van der Waals surface area (Å²) in [6, 6.07) is -1.07. The molecule has 0 bridgehead atoms. The molecule has 0 spiro atoms. The Bertz CT molecular complexity index is 920. The standard InChI is InChI=1S/C40H79NO9S/c1-3-5-7-9-11-13-15-17-19-21-23-25-27-29-31-51(47,48)41-34(33-49-40-39(46)38(45)37(44)36(32-42)50-40)35(43)30-28-26-24-22-20-18-16-14-12-10-8-6-4-2/h28,30,34-46H,3-27,29,31-33H2,1-2H3/t34?,35?,36?,37-,38-,39?,40-/m1/s1. The summed E-state index contributed by atoms with van der Waals surface area (Å²) >= 11 is 0. The van der Waals surface area contributed by atoms with E-state index in [0.29, 0.717) is 6.42 Å². The first-order valence-corrected chi connectivity index (χ1v) is 22.6. The van der Waals surface area contributed by atoms with Crippen LogP contribution < -0.4 is 4.72 Å². The molecule has 6 N–H and O–H groups in total. The van der Waals surface area contributed by atoms with Crippen molar-refractivity contribution in [3.63, 3.8) is 0 Å². The van der Waals surface area contributed by atoms with E-state index in [2.05, 4.69) is 18.6 Å². The number of aliphatic hydroxyl groups excluding tert-OH is 5. The molecule has 0 aliphatic carbocycles. The molecule has 7 atom stereocenters. The van der Waals surface area contributed by atoms with Crippen LogP contribution in [0.2, 0.25) is 0 Å². The number of rotatable bonds is 35. The van der Waals surface area contributed by atoms with E-state index < -0.39 is 59.5 Å². The van der Waals surface area contributed by atoms with Gasteiger partial charge in [0, 0.05) is 0 Å². The van der Waals surface area contributed by atoms with Crippen LogP contribution in [-0.4, -0.2) is 95.8 Å². The Morgan fingerprint density at radius 1 is 0.647 bits per heavy atom. The minimum absolute atomic E-state index is 0.0727. The molecule has 1 fully saturated rings. The SMILES string of the molecule is CCCCCCCCCCCCCC=CC(O)C(CO[C@@H]1OC(CO)[C@@H](O)[C@@H](O)C1O)NS(=O)(=O)CCCCCCCCCCCCCCCC. The molecule has 1 heterocycles. The van der Waals surface area contributed by atoms with Crippen molar-refractivity contribution in [2.75, 3.05) is 19.0 Å². The smallest absolute Gasteiger partial charge is 0.212 e. The number of hydrogen-bond acceptors (Lipinski definition) is 9. The third-order valence-corrected chi connectivity index (χ3v) is 11.6. The van der Waals surface area contributed by atoms with Gasteiger partial charge < -0.3 is 35.0 Å². The summed E-state index contributed by atoms with van der Waals surface area (Å²) in [6.45, 7) is 3.52. The predicted octanol–water partition coefficient (Wildman–Crippen LogP) is 7.19. The van der Waals surface area contributed by atoms with E-state index in [4.69, 9.17) is 9.47 Å². The molecule has 51 heavy (non-hydrogen) atoms. The molecule has 0 amide bonds. The second-order valence-corrected chi connectivity index (χ2v) is 16.8. The monoisotopic (exact) mass is 750 g/mol. The maximum atomic E-state index is 13.1. The number of ether oxygens (including phenoxy) is 2. The van der Waals surface area contributed by atoms with Gasteiger partial charge in [-0.25, -0.2) is 13.1 Å². The Balaban J connectivity index is 2.49. The molecule has 1 aliphatic rings. The summed E-state index contributed by atoms with van der Waals surface area (Å²) in [4.78, 5) is 0. The average molecular weight is 750 g/mol. The van der Waals surface area contributed by atoms with E-state index in [-0.39, 0.29) is 12.4 Å². The van der Waals surface area contributed by atoms with Gasteiger partial charge in [0.2, 0.25) is 10.0 Å². The van der Waals surface area contributed by atoms with Gasteiger partial charge in [0.25, 0.3) is 0 Å². The van der Waals surface area contributed by atoms with E-state index in [0.717, 1.165) is 38.5 Å². The Morgan fingerprint density at radius 3 is 1.53 bits per heavy atom. The Kier molecular flexibility index (Phi) is 30.1. The van der Waals surface area contributed by atoms with Crippen molar-refractivity contribution < 1.29 is 43.4 Å². The molecule has 0 aromatic rings. The predicted molar refractivity (Wildman–Crippen MR) is 207 cm³/mol. The summed E-state index contributed by atoms with van der Waals surface area (Å²) in [6.07, 6.45) is 25.7. The molecule has 0 aromatic heterocycles. The molecular weight excluding hydrogens is 671 g/mol. The zero-order valence-corrected chi connectivity index (χ0v) is 33.3. The highest BCUT2D eigenvalue weighted by atomic mass is 32.2. The lowest BCUT2D eigenvalue weighted by Crippen LogP contribution is -2.60. The number of nitrogens with one attached hydrogen (secondary N) is 1. The molecule has 304 valence electrons. The maximum absolute atomic E-state index is 13.1. The average Bonchev–Trinajstić information content (AvgIpc) is 3.11. The van der Waals surface area contributed by atoms with Crippen molar-refractivity contribution in [2.24, 2.45) is 0 Å². The molecule has 11 heteroatoms. The van der Waals surface area contributed by atoms with Crippen LogP contribution in [0.25, 0.3) is 0 Å². The highest BCUT2D eigenvalue weighted by molar-refractivity contribution is 7.89. The van der Waals surface area contributed by atoms with Crippen LogP contribution in [-0.2, 0) is 19.5 Å². The minimum atomic E-state index is -3.76. The number of aliphatic hydroxyl groups is 5. The normalized spacial score (nSPS) is 22.5. The van der Waals surface area contributed by atoms with E-state index in [1.165, 1.54) is 122 Å². The van der Waals surface area contributed by atoms with Gasteiger partial charge in [0.05, 0.1) is 31.1 Å². The van der Waals surface area contributed by atoms with Crippen LogP contribution in [0.3, 0.4) is 0 Å². The first-order valence-electron chi connectivity index (χ1n) is 20.9.